The van der Waals surface area contributed by atoms with Crippen molar-refractivity contribution in [3.05, 3.63) is 11.1 Å². The molecule has 0 bridgehead atoms. The molecule has 0 aromatic heterocycles. The minimum Gasteiger partial charge on any atom is -0.478 e. The number of hydrogen-bond donors (Lipinski definition) is 3. The first kappa shape index (κ1) is 12.1. The third kappa shape index (κ3) is 4.65. The summed E-state index contributed by atoms with van der Waals surface area (Å²) in [7, 11) is 0. The van der Waals surface area contributed by atoms with Crippen molar-refractivity contribution >= 4 is 5.97 Å². The van der Waals surface area contributed by atoms with E-state index in [1.807, 2.05) is 0 Å². The van der Waals surface area contributed by atoms with Gasteiger partial charge in [-0.2, -0.15) is 0 Å². The molecular formula is C9H16O4. The SMILES string of the molecule is CC(CC(O)CCO)=C(C)C(=O)O. The van der Waals surface area contributed by atoms with Crippen molar-refractivity contribution in [2.75, 3.05) is 6.61 Å². The van der Waals surface area contributed by atoms with Gasteiger partial charge < -0.3 is 15.3 Å². The summed E-state index contributed by atoms with van der Waals surface area (Å²) < 4.78 is 0. The van der Waals surface area contributed by atoms with Crippen molar-refractivity contribution in [2.45, 2.75) is 32.8 Å². The maximum absolute atomic E-state index is 10.5. The molecular weight excluding hydrogens is 172 g/mol. The van der Waals surface area contributed by atoms with Crippen LogP contribution in [0.4, 0.5) is 0 Å². The van der Waals surface area contributed by atoms with E-state index in [2.05, 4.69) is 0 Å². The monoisotopic (exact) mass is 188 g/mol. The predicted molar refractivity (Wildman–Crippen MR) is 48.3 cm³/mol. The summed E-state index contributed by atoms with van der Waals surface area (Å²) in [5, 5.41) is 26.4. The van der Waals surface area contributed by atoms with Gasteiger partial charge in [0.05, 0.1) is 6.10 Å². The normalized spacial score (nSPS) is 15.1. The maximum Gasteiger partial charge on any atom is 0.331 e. The van der Waals surface area contributed by atoms with Gasteiger partial charge in [-0.3, -0.25) is 0 Å². The van der Waals surface area contributed by atoms with Crippen LogP contribution in [0.15, 0.2) is 11.1 Å². The first-order chi connectivity index (χ1) is 5.99. The van der Waals surface area contributed by atoms with E-state index in [1.54, 1.807) is 6.92 Å². The minimum absolute atomic E-state index is 0.0828. The van der Waals surface area contributed by atoms with Gasteiger partial charge in [0.15, 0.2) is 0 Å². The van der Waals surface area contributed by atoms with Crippen molar-refractivity contribution in [2.24, 2.45) is 0 Å². The molecule has 0 aliphatic carbocycles. The number of carboxylic acids is 1. The van der Waals surface area contributed by atoms with Crippen molar-refractivity contribution in [3.63, 3.8) is 0 Å². The molecule has 0 fully saturated rings. The Morgan fingerprint density at radius 2 is 1.92 bits per heavy atom. The molecule has 4 nitrogen and oxygen atoms in total. The number of carboxylic acid groups (broad SMARTS) is 1. The molecule has 0 heterocycles. The average Bonchev–Trinajstić information content (AvgIpc) is 2.03. The molecule has 4 heteroatoms. The second kappa shape index (κ2) is 5.72. The number of aliphatic hydroxyl groups excluding tert-OH is 2. The third-order valence-electron chi connectivity index (χ3n) is 1.97. The molecule has 13 heavy (non-hydrogen) atoms. The Balaban J connectivity index is 4.19. The second-order valence-corrected chi connectivity index (χ2v) is 3.08. The molecule has 0 aromatic rings. The molecule has 0 rings (SSSR count). The molecule has 1 atom stereocenters. The number of hydrogen-bond acceptors (Lipinski definition) is 3. The second-order valence-electron chi connectivity index (χ2n) is 3.08. The molecule has 0 saturated carbocycles. The Labute approximate surface area is 77.5 Å². The van der Waals surface area contributed by atoms with Gasteiger partial charge in [-0.05, 0) is 26.7 Å². The van der Waals surface area contributed by atoms with E-state index in [0.29, 0.717) is 12.0 Å². The molecule has 0 aliphatic rings. The van der Waals surface area contributed by atoms with Crippen molar-refractivity contribution in [3.8, 4) is 0 Å². The summed E-state index contributed by atoms with van der Waals surface area (Å²) in [6.45, 7) is 3.09. The molecule has 76 valence electrons. The highest BCUT2D eigenvalue weighted by Gasteiger charge is 2.09. The van der Waals surface area contributed by atoms with E-state index in [0.717, 1.165) is 0 Å². The molecule has 1 unspecified atom stereocenters. The van der Waals surface area contributed by atoms with E-state index in [1.165, 1.54) is 6.92 Å². The van der Waals surface area contributed by atoms with Crippen LogP contribution in [-0.4, -0.2) is 34.0 Å². The van der Waals surface area contributed by atoms with Crippen LogP contribution in [0, 0.1) is 0 Å². The fraction of sp³-hybridized carbons (Fsp3) is 0.667. The van der Waals surface area contributed by atoms with E-state index < -0.39 is 12.1 Å². The van der Waals surface area contributed by atoms with Crippen LogP contribution < -0.4 is 0 Å². The van der Waals surface area contributed by atoms with Gasteiger partial charge in [0.2, 0.25) is 0 Å². The Kier molecular flexibility index (Phi) is 5.34. The van der Waals surface area contributed by atoms with Crippen LogP contribution in [0.25, 0.3) is 0 Å². The lowest BCUT2D eigenvalue weighted by atomic mass is 10.0. The van der Waals surface area contributed by atoms with Gasteiger partial charge in [0.1, 0.15) is 0 Å². The zero-order chi connectivity index (χ0) is 10.4. The molecule has 0 saturated heterocycles. The van der Waals surface area contributed by atoms with Crippen LogP contribution in [0.2, 0.25) is 0 Å². The zero-order valence-electron chi connectivity index (χ0n) is 7.95. The smallest absolute Gasteiger partial charge is 0.331 e. The Morgan fingerprint density at radius 3 is 2.31 bits per heavy atom. The highest BCUT2D eigenvalue weighted by molar-refractivity contribution is 5.86. The summed E-state index contributed by atoms with van der Waals surface area (Å²) >= 11 is 0. The maximum atomic E-state index is 10.5. The zero-order valence-corrected chi connectivity index (χ0v) is 7.95. The number of carbonyl (C=O) groups is 1. The van der Waals surface area contributed by atoms with Gasteiger partial charge in [0, 0.05) is 12.2 Å². The third-order valence-corrected chi connectivity index (χ3v) is 1.97. The van der Waals surface area contributed by atoms with E-state index >= 15 is 0 Å². The quantitative estimate of drug-likeness (QED) is 0.550. The van der Waals surface area contributed by atoms with Gasteiger partial charge in [-0.15, -0.1) is 0 Å². The fourth-order valence-electron chi connectivity index (χ4n) is 0.940. The van der Waals surface area contributed by atoms with Gasteiger partial charge >= 0.3 is 5.97 Å². The van der Waals surface area contributed by atoms with Gasteiger partial charge in [-0.1, -0.05) is 5.57 Å². The van der Waals surface area contributed by atoms with E-state index in [-0.39, 0.29) is 18.6 Å². The summed E-state index contributed by atoms with van der Waals surface area (Å²) in [5.74, 6) is -0.964. The van der Waals surface area contributed by atoms with Crippen molar-refractivity contribution < 1.29 is 20.1 Å². The summed E-state index contributed by atoms with van der Waals surface area (Å²) in [5.41, 5.74) is 0.908. The topological polar surface area (TPSA) is 77.8 Å². The lowest BCUT2D eigenvalue weighted by Crippen LogP contribution is -2.11. The average molecular weight is 188 g/mol. The summed E-state index contributed by atoms with van der Waals surface area (Å²) in [4.78, 5) is 10.5. The lowest BCUT2D eigenvalue weighted by Gasteiger charge is -2.10. The molecule has 0 radical (unpaired) electrons. The number of aliphatic carboxylic acids is 1. The van der Waals surface area contributed by atoms with Crippen LogP contribution in [-0.2, 0) is 4.79 Å². The number of aliphatic hydroxyl groups is 2. The first-order valence-electron chi connectivity index (χ1n) is 4.17. The van der Waals surface area contributed by atoms with Crippen LogP contribution in [0.3, 0.4) is 0 Å². The van der Waals surface area contributed by atoms with E-state index in [9.17, 15) is 9.90 Å². The first-order valence-corrected chi connectivity index (χ1v) is 4.17. The fourth-order valence-corrected chi connectivity index (χ4v) is 0.940. The highest BCUT2D eigenvalue weighted by atomic mass is 16.4. The van der Waals surface area contributed by atoms with Crippen molar-refractivity contribution in [1.82, 2.24) is 0 Å². The van der Waals surface area contributed by atoms with Crippen molar-refractivity contribution in [1.29, 1.82) is 0 Å². The Morgan fingerprint density at radius 1 is 1.38 bits per heavy atom. The lowest BCUT2D eigenvalue weighted by molar-refractivity contribution is -0.132. The predicted octanol–water partition coefficient (Wildman–Crippen LogP) is 0.541. The Bertz CT molecular complexity index is 208. The summed E-state index contributed by atoms with van der Waals surface area (Å²) in [6.07, 6.45) is -0.0672. The largest absolute Gasteiger partial charge is 0.478 e. The molecule has 0 aliphatic heterocycles. The minimum atomic E-state index is -0.964. The van der Waals surface area contributed by atoms with E-state index in [4.69, 9.17) is 10.2 Å². The standard InChI is InChI=1S/C9H16O4/c1-6(7(2)9(12)13)5-8(11)3-4-10/h8,10-11H,3-5H2,1-2H3,(H,12,13). The van der Waals surface area contributed by atoms with Gasteiger partial charge in [0.25, 0.3) is 0 Å². The summed E-state index contributed by atoms with van der Waals surface area (Å²) in [6, 6.07) is 0. The highest BCUT2D eigenvalue weighted by Crippen LogP contribution is 2.12. The number of rotatable bonds is 5. The van der Waals surface area contributed by atoms with Crippen LogP contribution >= 0.6 is 0 Å². The molecule has 0 spiro atoms. The van der Waals surface area contributed by atoms with Crippen LogP contribution in [0.1, 0.15) is 26.7 Å². The molecule has 0 aromatic carbocycles. The molecule has 0 amide bonds. The van der Waals surface area contributed by atoms with Crippen LogP contribution in [0.5, 0.6) is 0 Å². The Hall–Kier alpha value is -0.870. The van der Waals surface area contributed by atoms with Gasteiger partial charge in [-0.25, -0.2) is 4.79 Å². The molecule has 3 N–H and O–H groups in total.